The Balaban J connectivity index is 1.80. The van der Waals surface area contributed by atoms with Crippen LogP contribution in [0.15, 0.2) is 0 Å². The van der Waals surface area contributed by atoms with Crippen LogP contribution in [-0.4, -0.2) is 49.1 Å². The second kappa shape index (κ2) is 4.40. The highest BCUT2D eigenvalue weighted by atomic mass is 16.8. The Labute approximate surface area is 118 Å². The van der Waals surface area contributed by atoms with Gasteiger partial charge in [-0.3, -0.25) is 4.79 Å². The van der Waals surface area contributed by atoms with Crippen LogP contribution in [0.1, 0.15) is 34.6 Å². The van der Waals surface area contributed by atoms with Crippen molar-refractivity contribution in [1.82, 2.24) is 0 Å². The number of carbonyl (C=O) groups excluding carboxylic acids is 1. The molecule has 3 rings (SSSR count). The molecule has 0 unspecified atom stereocenters. The molecule has 3 aliphatic heterocycles. The third kappa shape index (κ3) is 2.35. The van der Waals surface area contributed by atoms with E-state index in [2.05, 4.69) is 0 Å². The van der Waals surface area contributed by atoms with E-state index >= 15 is 0 Å². The molecule has 20 heavy (non-hydrogen) atoms. The second-order valence-corrected chi connectivity index (χ2v) is 7.06. The molecule has 3 saturated heterocycles. The van der Waals surface area contributed by atoms with E-state index in [-0.39, 0.29) is 24.3 Å². The van der Waals surface area contributed by atoms with Crippen LogP contribution in [0.25, 0.3) is 0 Å². The normalized spacial score (nSPS) is 42.4. The minimum atomic E-state index is -0.723. The highest BCUT2D eigenvalue weighted by Crippen LogP contribution is 2.42. The molecular weight excluding hydrogens is 264 g/mol. The van der Waals surface area contributed by atoms with E-state index in [0.717, 1.165) is 0 Å². The summed E-state index contributed by atoms with van der Waals surface area (Å²) in [6.45, 7) is 9.53. The highest BCUT2D eigenvalue weighted by molar-refractivity contribution is 5.75. The van der Waals surface area contributed by atoms with Crippen LogP contribution in [0.2, 0.25) is 0 Å². The van der Waals surface area contributed by atoms with E-state index in [9.17, 15) is 4.79 Å². The van der Waals surface area contributed by atoms with Gasteiger partial charge in [-0.2, -0.15) is 0 Å². The van der Waals surface area contributed by atoms with E-state index in [4.69, 9.17) is 23.7 Å². The Morgan fingerprint density at radius 2 is 1.85 bits per heavy atom. The minimum Gasteiger partial charge on any atom is -0.456 e. The molecule has 3 heterocycles. The fourth-order valence-electron chi connectivity index (χ4n) is 2.72. The van der Waals surface area contributed by atoms with Gasteiger partial charge >= 0.3 is 5.97 Å². The van der Waals surface area contributed by atoms with Crippen molar-refractivity contribution in [3.63, 3.8) is 0 Å². The number of hydrogen-bond donors (Lipinski definition) is 0. The van der Waals surface area contributed by atoms with E-state index < -0.39 is 23.6 Å². The standard InChI is InChI=1S/C14H22O6/c1-13(2,3)12(15)18-8-7-6-16-11(17-7)10-9(8)19-14(4,5)20-10/h7-11H,6H2,1-5H3/t7-,8+,9+,10+,11-/m1/s1. The zero-order chi connectivity index (χ0) is 14.7. The van der Waals surface area contributed by atoms with Gasteiger partial charge in [-0.1, -0.05) is 0 Å². The van der Waals surface area contributed by atoms with Crippen molar-refractivity contribution in [2.45, 2.75) is 71.1 Å². The summed E-state index contributed by atoms with van der Waals surface area (Å²) in [5.41, 5.74) is -0.569. The van der Waals surface area contributed by atoms with Gasteiger partial charge in [0.25, 0.3) is 0 Å². The Morgan fingerprint density at radius 1 is 1.20 bits per heavy atom. The number of carbonyl (C=O) groups is 1. The van der Waals surface area contributed by atoms with Gasteiger partial charge < -0.3 is 23.7 Å². The molecule has 0 aromatic heterocycles. The lowest BCUT2D eigenvalue weighted by atomic mass is 9.96. The molecule has 0 aliphatic carbocycles. The first-order valence-corrected chi connectivity index (χ1v) is 7.01. The van der Waals surface area contributed by atoms with Gasteiger partial charge in [0.1, 0.15) is 18.3 Å². The third-order valence-electron chi connectivity index (χ3n) is 3.71. The molecule has 3 fully saturated rings. The van der Waals surface area contributed by atoms with Gasteiger partial charge in [0, 0.05) is 0 Å². The van der Waals surface area contributed by atoms with Gasteiger partial charge in [0.05, 0.1) is 12.0 Å². The molecule has 0 N–H and O–H groups in total. The summed E-state index contributed by atoms with van der Waals surface area (Å²) in [6.07, 6.45) is -1.92. The maximum Gasteiger partial charge on any atom is 0.311 e. The molecule has 6 nitrogen and oxygen atoms in total. The van der Waals surface area contributed by atoms with Crippen molar-refractivity contribution < 1.29 is 28.5 Å². The van der Waals surface area contributed by atoms with Crippen LogP contribution < -0.4 is 0 Å². The fourth-order valence-corrected chi connectivity index (χ4v) is 2.72. The summed E-state index contributed by atoms with van der Waals surface area (Å²) in [5.74, 6) is -0.998. The molecule has 6 heteroatoms. The van der Waals surface area contributed by atoms with Gasteiger partial charge in [0.15, 0.2) is 18.2 Å². The zero-order valence-corrected chi connectivity index (χ0v) is 12.5. The molecule has 3 aliphatic rings. The van der Waals surface area contributed by atoms with Gasteiger partial charge in [-0.25, -0.2) is 0 Å². The van der Waals surface area contributed by atoms with Crippen LogP contribution >= 0.6 is 0 Å². The van der Waals surface area contributed by atoms with Crippen LogP contribution in [0.3, 0.4) is 0 Å². The van der Waals surface area contributed by atoms with E-state index in [1.54, 1.807) is 0 Å². The molecule has 0 radical (unpaired) electrons. The van der Waals surface area contributed by atoms with Gasteiger partial charge in [0.2, 0.25) is 0 Å². The Bertz CT molecular complexity index is 412. The van der Waals surface area contributed by atoms with Crippen LogP contribution in [-0.2, 0) is 28.5 Å². The molecule has 0 saturated carbocycles. The second-order valence-electron chi connectivity index (χ2n) is 7.06. The van der Waals surface area contributed by atoms with Gasteiger partial charge in [-0.15, -0.1) is 0 Å². The summed E-state index contributed by atoms with van der Waals surface area (Å²) in [6, 6.07) is 0. The molecule has 2 bridgehead atoms. The number of esters is 1. The van der Waals surface area contributed by atoms with E-state index in [1.165, 1.54) is 0 Å². The van der Waals surface area contributed by atoms with Crippen LogP contribution in [0.5, 0.6) is 0 Å². The maximum atomic E-state index is 12.1. The van der Waals surface area contributed by atoms with Crippen molar-refractivity contribution in [1.29, 1.82) is 0 Å². The molecule has 5 atom stereocenters. The smallest absolute Gasteiger partial charge is 0.311 e. The van der Waals surface area contributed by atoms with Crippen molar-refractivity contribution in [3.05, 3.63) is 0 Å². The first kappa shape index (κ1) is 14.3. The number of fused-ring (bicyclic) bond motifs is 4. The lowest BCUT2D eigenvalue weighted by Gasteiger charge is -2.35. The van der Waals surface area contributed by atoms with Crippen molar-refractivity contribution in [2.24, 2.45) is 5.41 Å². The average molecular weight is 286 g/mol. The maximum absolute atomic E-state index is 12.1. The molecular formula is C14H22O6. The molecule has 114 valence electrons. The van der Waals surface area contributed by atoms with Crippen molar-refractivity contribution in [3.8, 4) is 0 Å². The van der Waals surface area contributed by atoms with Crippen LogP contribution in [0, 0.1) is 5.41 Å². The Kier molecular flexibility index (Phi) is 3.14. The van der Waals surface area contributed by atoms with E-state index in [0.29, 0.717) is 6.61 Å². The Morgan fingerprint density at radius 3 is 2.50 bits per heavy atom. The third-order valence-corrected chi connectivity index (χ3v) is 3.71. The van der Waals surface area contributed by atoms with Gasteiger partial charge in [-0.05, 0) is 34.6 Å². The predicted molar refractivity (Wildman–Crippen MR) is 67.8 cm³/mol. The number of hydrogen-bond acceptors (Lipinski definition) is 6. The first-order valence-electron chi connectivity index (χ1n) is 7.01. The lowest BCUT2D eigenvalue weighted by molar-refractivity contribution is -0.212. The summed E-state index contributed by atoms with van der Waals surface area (Å²) in [4.78, 5) is 12.1. The quantitative estimate of drug-likeness (QED) is 0.675. The topological polar surface area (TPSA) is 63.2 Å². The molecule has 0 spiro atoms. The summed E-state index contributed by atoms with van der Waals surface area (Å²) in [5, 5.41) is 0. The number of ether oxygens (including phenoxy) is 5. The molecule has 0 aromatic carbocycles. The number of rotatable bonds is 1. The molecule has 0 aromatic rings. The average Bonchev–Trinajstić information content (AvgIpc) is 2.85. The first-order chi connectivity index (χ1) is 9.17. The summed E-state index contributed by atoms with van der Waals surface area (Å²) < 4.78 is 28.7. The van der Waals surface area contributed by atoms with Crippen LogP contribution in [0.4, 0.5) is 0 Å². The highest BCUT2D eigenvalue weighted by Gasteiger charge is 2.60. The SMILES string of the molecule is CC1(C)O[C@@H]2[C@H](O1)[C@@H]1OC[C@@H](O1)[C@@H]2OC(=O)C(C)(C)C. The van der Waals surface area contributed by atoms with E-state index in [1.807, 2.05) is 34.6 Å². The minimum absolute atomic E-state index is 0.275. The zero-order valence-electron chi connectivity index (χ0n) is 12.5. The van der Waals surface area contributed by atoms with Crippen molar-refractivity contribution >= 4 is 5.97 Å². The lowest BCUT2D eigenvalue weighted by Crippen LogP contribution is -2.54. The molecule has 0 amide bonds. The fraction of sp³-hybridized carbons (Fsp3) is 0.929. The Hall–Kier alpha value is -0.690. The monoisotopic (exact) mass is 286 g/mol. The van der Waals surface area contributed by atoms with Crippen molar-refractivity contribution in [2.75, 3.05) is 6.61 Å². The largest absolute Gasteiger partial charge is 0.456 e. The predicted octanol–water partition coefficient (Wildman–Crippen LogP) is 1.22. The summed E-state index contributed by atoms with van der Waals surface area (Å²) >= 11 is 0. The summed E-state index contributed by atoms with van der Waals surface area (Å²) in [7, 11) is 0.